The SMILES string of the molecule is CNCCC1(C)C(=O)CCC2(C)C1CCC1(C)C2C(O)C2CN3C=C(Cc4cc(C)cc(C5CCOCC5)c4)C4=NC=C(CCC(C)(CC(O)C5OC5(C)C)C5=C2C1(C)CC5=O)C43. The first-order valence-electron chi connectivity index (χ1n) is 24.7. The molecule has 5 heterocycles. The van der Waals surface area contributed by atoms with Crippen LogP contribution in [0.3, 0.4) is 0 Å². The lowest BCUT2D eigenvalue weighted by molar-refractivity contribution is -0.222. The van der Waals surface area contributed by atoms with Gasteiger partial charge in [-0.05, 0) is 154 Å². The van der Waals surface area contributed by atoms with Crippen molar-refractivity contribution in [3.8, 4) is 0 Å². The van der Waals surface area contributed by atoms with Gasteiger partial charge in [-0.25, -0.2) is 0 Å². The fraction of sp³-hybridized carbons (Fsp3) is 0.722. The summed E-state index contributed by atoms with van der Waals surface area (Å²) in [5, 5.41) is 29.0. The molecule has 63 heavy (non-hydrogen) atoms. The summed E-state index contributed by atoms with van der Waals surface area (Å²) in [7, 11) is 1.97. The summed E-state index contributed by atoms with van der Waals surface area (Å²) in [5.41, 5.74) is 6.93. The van der Waals surface area contributed by atoms with Crippen molar-refractivity contribution >= 4 is 17.3 Å². The van der Waals surface area contributed by atoms with Crippen LogP contribution in [0.4, 0.5) is 0 Å². The van der Waals surface area contributed by atoms with Crippen molar-refractivity contribution in [2.75, 3.05) is 33.4 Å². The van der Waals surface area contributed by atoms with E-state index in [4.69, 9.17) is 14.5 Å². The maximum atomic E-state index is 15.3. The third kappa shape index (κ3) is 6.57. The highest BCUT2D eigenvalue weighted by atomic mass is 16.6. The summed E-state index contributed by atoms with van der Waals surface area (Å²) in [6.45, 7) is 20.9. The van der Waals surface area contributed by atoms with Crippen molar-refractivity contribution in [3.63, 3.8) is 0 Å². The average molecular weight is 862 g/mol. The molecule has 4 aliphatic carbocycles. The van der Waals surface area contributed by atoms with Gasteiger partial charge in [0.1, 0.15) is 11.9 Å². The number of carbonyl (C=O) groups excluding carboxylic acids is 2. The minimum Gasteiger partial charge on any atom is -0.392 e. The molecular weight excluding hydrogens is 787 g/mol. The molecule has 3 saturated carbocycles. The van der Waals surface area contributed by atoms with Crippen LogP contribution in [-0.4, -0.2) is 95.7 Å². The number of hydrogen-bond acceptors (Lipinski definition) is 9. The van der Waals surface area contributed by atoms with Gasteiger partial charge in [0.25, 0.3) is 0 Å². The number of aryl methyl sites for hydroxylation is 1. The van der Waals surface area contributed by atoms with Crippen LogP contribution >= 0.6 is 0 Å². The molecule has 0 aromatic heterocycles. The number of epoxide rings is 1. The van der Waals surface area contributed by atoms with Gasteiger partial charge in [0.05, 0.1) is 29.6 Å². The van der Waals surface area contributed by atoms with E-state index in [1.165, 1.54) is 27.8 Å². The maximum absolute atomic E-state index is 15.3. The van der Waals surface area contributed by atoms with E-state index in [2.05, 4.69) is 82.4 Å². The van der Waals surface area contributed by atoms with Gasteiger partial charge >= 0.3 is 0 Å². The average Bonchev–Trinajstić information content (AvgIpc) is 3.47. The minimum atomic E-state index is -0.724. The molecule has 3 N–H and O–H groups in total. The van der Waals surface area contributed by atoms with E-state index in [0.717, 1.165) is 88.0 Å². The standard InChI is InChI=1S/C54H75N3O6/c1-31-22-32(24-35(23-31)33-13-20-62-21-14-33)25-36-29-57-30-37-42-43(50(4,26-39(59)48-49(2,3)63-48)15-10-34-28-56-44(36)45(34)57)38(58)27-54(42,8)53(7)17-11-40-51(5,18-19-55-9)41(60)12-16-52(40,6)47(53)46(37)61/h22-24,28-29,33,37,39-40,45-48,55,59,61H,10-21,25-27,30H2,1-9H3. The van der Waals surface area contributed by atoms with Gasteiger partial charge in [-0.1, -0.05) is 58.4 Å². The number of ether oxygens (including phenoxy) is 2. The van der Waals surface area contributed by atoms with Gasteiger partial charge in [0.15, 0.2) is 5.78 Å². The summed E-state index contributed by atoms with van der Waals surface area (Å²) in [6, 6.07) is 7.07. The lowest BCUT2D eigenvalue weighted by Gasteiger charge is -2.70. The van der Waals surface area contributed by atoms with E-state index >= 15 is 4.79 Å². The molecule has 5 aliphatic heterocycles. The highest BCUT2D eigenvalue weighted by Crippen LogP contribution is 2.76. The number of allylic oxidation sites excluding steroid dienone is 1. The maximum Gasteiger partial charge on any atom is 0.160 e. The highest BCUT2D eigenvalue weighted by molar-refractivity contribution is 6.10. The number of nitrogens with one attached hydrogen (secondary N) is 1. The molecule has 9 aliphatic rings. The quantitative estimate of drug-likeness (QED) is 0.212. The van der Waals surface area contributed by atoms with Crippen molar-refractivity contribution in [1.29, 1.82) is 0 Å². The minimum absolute atomic E-state index is 0.0301. The number of hydrogen-bond donors (Lipinski definition) is 3. The summed E-state index contributed by atoms with van der Waals surface area (Å²) in [5.74, 6) is 0.789. The van der Waals surface area contributed by atoms with Crippen molar-refractivity contribution in [2.45, 2.75) is 168 Å². The van der Waals surface area contributed by atoms with Gasteiger partial charge < -0.3 is 29.9 Å². The molecule has 0 bridgehead atoms. The monoisotopic (exact) mass is 862 g/mol. The predicted molar refractivity (Wildman–Crippen MR) is 246 cm³/mol. The normalized spacial score (nSPS) is 42.2. The van der Waals surface area contributed by atoms with E-state index in [-0.39, 0.29) is 46.5 Å². The summed E-state index contributed by atoms with van der Waals surface area (Å²) in [4.78, 5) is 37.1. The van der Waals surface area contributed by atoms with Crippen LogP contribution in [0.5, 0.6) is 0 Å². The third-order valence-corrected chi connectivity index (χ3v) is 19.6. The molecule has 5 fully saturated rings. The first-order valence-corrected chi connectivity index (χ1v) is 24.7. The van der Waals surface area contributed by atoms with E-state index in [9.17, 15) is 15.0 Å². The van der Waals surface area contributed by atoms with Crippen LogP contribution in [0.1, 0.15) is 142 Å². The van der Waals surface area contributed by atoms with E-state index < -0.39 is 34.1 Å². The summed E-state index contributed by atoms with van der Waals surface area (Å²) >= 11 is 0. The van der Waals surface area contributed by atoms with Crippen LogP contribution in [0.15, 0.2) is 57.9 Å². The fourth-order valence-electron chi connectivity index (χ4n) is 16.3. The van der Waals surface area contributed by atoms with E-state index in [1.54, 1.807) is 0 Å². The van der Waals surface area contributed by atoms with Crippen LogP contribution in [-0.2, 0) is 25.5 Å². The number of aliphatic hydroxyl groups excluding tert-OH is 2. The molecule has 12 unspecified atom stereocenters. The van der Waals surface area contributed by atoms with E-state index in [1.807, 2.05) is 20.9 Å². The molecule has 10 rings (SSSR count). The van der Waals surface area contributed by atoms with Gasteiger partial charge in [0, 0.05) is 73.7 Å². The second kappa shape index (κ2) is 15.0. The Morgan fingerprint density at radius 3 is 2.44 bits per heavy atom. The Labute approximate surface area is 376 Å². The number of ketones is 2. The Kier molecular flexibility index (Phi) is 10.5. The number of Topliss-reactive ketones (excluding diaryl/α,β-unsaturated/α-hetero) is 2. The number of fused-ring (bicyclic) bond motifs is 4. The Morgan fingerprint density at radius 1 is 0.984 bits per heavy atom. The Bertz CT molecular complexity index is 2220. The molecule has 1 aromatic rings. The zero-order valence-corrected chi connectivity index (χ0v) is 39.7. The second-order valence-corrected chi connectivity index (χ2v) is 23.8. The van der Waals surface area contributed by atoms with Gasteiger partial charge in [0.2, 0.25) is 0 Å². The van der Waals surface area contributed by atoms with Crippen molar-refractivity contribution < 1.29 is 29.3 Å². The van der Waals surface area contributed by atoms with Crippen molar-refractivity contribution in [3.05, 3.63) is 69.6 Å². The lowest BCUT2D eigenvalue weighted by Crippen LogP contribution is -2.68. The number of carbonyl (C=O) groups is 2. The van der Waals surface area contributed by atoms with Crippen molar-refractivity contribution in [1.82, 2.24) is 10.2 Å². The van der Waals surface area contributed by atoms with Crippen LogP contribution < -0.4 is 5.32 Å². The second-order valence-electron chi connectivity index (χ2n) is 23.8. The van der Waals surface area contributed by atoms with Gasteiger partial charge in [-0.3, -0.25) is 14.6 Å². The summed E-state index contributed by atoms with van der Waals surface area (Å²) < 4.78 is 11.8. The molecule has 0 radical (unpaired) electrons. The molecule has 0 amide bonds. The van der Waals surface area contributed by atoms with Crippen LogP contribution in [0.25, 0.3) is 0 Å². The zero-order valence-electron chi connectivity index (χ0n) is 39.7. The number of rotatable bonds is 9. The van der Waals surface area contributed by atoms with Crippen LogP contribution in [0.2, 0.25) is 0 Å². The predicted octanol–water partition coefficient (Wildman–Crippen LogP) is 8.35. The topological polar surface area (TPSA) is 124 Å². The lowest BCUT2D eigenvalue weighted by atomic mass is 9.34. The molecular formula is C54H75N3O6. The van der Waals surface area contributed by atoms with Crippen molar-refractivity contribution in [2.24, 2.45) is 49.8 Å². The third-order valence-electron chi connectivity index (χ3n) is 19.6. The zero-order chi connectivity index (χ0) is 44.6. The first-order chi connectivity index (χ1) is 29.8. The Morgan fingerprint density at radius 2 is 1.73 bits per heavy atom. The van der Waals surface area contributed by atoms with Gasteiger partial charge in [-0.2, -0.15) is 0 Å². The molecule has 9 heteroatoms. The number of nitrogens with zero attached hydrogens (tertiary/aromatic N) is 2. The van der Waals surface area contributed by atoms with E-state index in [0.29, 0.717) is 43.9 Å². The number of aliphatic hydroxyl groups is 2. The Hall–Kier alpha value is -2.95. The highest BCUT2D eigenvalue weighted by Gasteiger charge is 2.73. The smallest absolute Gasteiger partial charge is 0.160 e. The fourth-order valence-corrected chi connectivity index (χ4v) is 16.3. The largest absolute Gasteiger partial charge is 0.392 e. The molecule has 1 aromatic carbocycles. The number of aliphatic imine (C=N–C) groups is 1. The van der Waals surface area contributed by atoms with Crippen LogP contribution in [0, 0.1) is 51.8 Å². The molecule has 12 atom stereocenters. The van der Waals surface area contributed by atoms with Gasteiger partial charge in [-0.15, -0.1) is 0 Å². The number of benzene rings is 1. The molecule has 2 saturated heterocycles. The molecule has 9 nitrogen and oxygen atoms in total. The first kappa shape index (κ1) is 43.9. The Balaban J connectivity index is 1.09. The molecule has 0 spiro atoms. The summed E-state index contributed by atoms with van der Waals surface area (Å²) in [6.07, 6.45) is 11.8. The molecule has 342 valence electrons.